The Hall–Kier alpha value is 0. The van der Waals surface area contributed by atoms with Crippen molar-refractivity contribution >= 4 is 0 Å². The quantitative estimate of drug-likeness (QED) is 0.468. The van der Waals surface area contributed by atoms with Crippen molar-refractivity contribution in [2.75, 3.05) is 0 Å². The van der Waals surface area contributed by atoms with E-state index >= 15 is 0 Å². The van der Waals surface area contributed by atoms with Crippen LogP contribution in [0.2, 0.25) is 0 Å². The Bertz CT molecular complexity index is 84.2. The molecule has 0 aliphatic heterocycles. The van der Waals surface area contributed by atoms with Gasteiger partial charge in [0, 0.05) is 0 Å². The first kappa shape index (κ1) is 7.11. The second-order valence-corrected chi connectivity index (χ2v) is 3.91. The topological polar surface area (TPSA) is 0 Å². The van der Waals surface area contributed by atoms with E-state index in [0.29, 0.717) is 0 Å². The van der Waals surface area contributed by atoms with Crippen LogP contribution in [0.1, 0.15) is 34.1 Å². The second-order valence-electron chi connectivity index (χ2n) is 3.91. The third-order valence-electron chi connectivity index (χ3n) is 3.37. The largest absolute Gasteiger partial charge is 0.0622 e. The fourth-order valence-electron chi connectivity index (χ4n) is 2.05. The molecule has 0 spiro atoms. The summed E-state index contributed by atoms with van der Waals surface area (Å²) in [5, 5.41) is 0. The fourth-order valence-corrected chi connectivity index (χ4v) is 2.05. The van der Waals surface area contributed by atoms with Crippen LogP contribution in [0.4, 0.5) is 0 Å². The van der Waals surface area contributed by atoms with Crippen molar-refractivity contribution in [1.29, 1.82) is 0 Å². The zero-order valence-corrected chi connectivity index (χ0v) is 7.02. The third kappa shape index (κ3) is 1.12. The van der Waals surface area contributed by atoms with Gasteiger partial charge < -0.3 is 0 Å². The van der Waals surface area contributed by atoms with Crippen molar-refractivity contribution in [1.82, 2.24) is 0 Å². The van der Waals surface area contributed by atoms with Crippen LogP contribution >= 0.6 is 0 Å². The summed E-state index contributed by atoms with van der Waals surface area (Å²) in [7, 11) is 0. The van der Waals surface area contributed by atoms with E-state index in [-0.39, 0.29) is 0 Å². The predicted octanol–water partition coefficient (Wildman–Crippen LogP) is 2.93. The van der Waals surface area contributed by atoms with E-state index in [2.05, 4.69) is 27.7 Å². The van der Waals surface area contributed by atoms with Crippen LogP contribution in [0.15, 0.2) is 0 Å². The lowest BCUT2D eigenvalue weighted by molar-refractivity contribution is 0.352. The molecule has 1 aliphatic carbocycles. The van der Waals surface area contributed by atoms with Crippen molar-refractivity contribution < 1.29 is 0 Å². The molecule has 0 aromatic rings. The monoisotopic (exact) mass is 126 g/mol. The van der Waals surface area contributed by atoms with Gasteiger partial charge >= 0.3 is 0 Å². The molecule has 1 saturated carbocycles. The van der Waals surface area contributed by atoms with Crippen LogP contribution < -0.4 is 0 Å². The summed E-state index contributed by atoms with van der Waals surface area (Å²) in [5.74, 6) is 3.85. The standard InChI is InChI=1S/C9H18/c1-6-5-7(2)9(4)8(6)3/h6-9H,5H2,1-4H3/t6-,7-,8+,9+/m0/s1. The first-order valence-electron chi connectivity index (χ1n) is 4.13. The van der Waals surface area contributed by atoms with Crippen molar-refractivity contribution in [3.8, 4) is 0 Å². The highest BCUT2D eigenvalue weighted by molar-refractivity contribution is 4.81. The van der Waals surface area contributed by atoms with E-state index < -0.39 is 0 Å². The summed E-state index contributed by atoms with van der Waals surface area (Å²) in [5.41, 5.74) is 0. The summed E-state index contributed by atoms with van der Waals surface area (Å²) in [6.45, 7) is 9.53. The van der Waals surface area contributed by atoms with Crippen molar-refractivity contribution in [3.05, 3.63) is 0 Å². The molecular formula is C9H18. The molecule has 0 N–H and O–H groups in total. The minimum absolute atomic E-state index is 0.958. The normalized spacial score (nSPS) is 52.0. The van der Waals surface area contributed by atoms with Crippen molar-refractivity contribution in [2.45, 2.75) is 34.1 Å². The maximum atomic E-state index is 2.39. The average Bonchev–Trinajstić information content (AvgIpc) is 1.98. The van der Waals surface area contributed by atoms with Gasteiger partial charge in [0.05, 0.1) is 0 Å². The molecule has 54 valence electrons. The molecule has 0 aromatic carbocycles. The Morgan fingerprint density at radius 2 is 1.11 bits per heavy atom. The highest BCUT2D eigenvalue weighted by Crippen LogP contribution is 2.40. The van der Waals surface area contributed by atoms with Crippen LogP contribution in [0.5, 0.6) is 0 Å². The Balaban J connectivity index is 2.54. The molecule has 0 heteroatoms. The Morgan fingerprint density at radius 1 is 0.778 bits per heavy atom. The molecule has 9 heavy (non-hydrogen) atoms. The zero-order valence-electron chi connectivity index (χ0n) is 7.02. The summed E-state index contributed by atoms with van der Waals surface area (Å²) in [6.07, 6.45) is 1.45. The Labute approximate surface area is 58.7 Å². The predicted molar refractivity (Wildman–Crippen MR) is 41.3 cm³/mol. The molecule has 1 aliphatic rings. The first-order valence-corrected chi connectivity index (χ1v) is 4.13. The molecule has 0 unspecified atom stereocenters. The van der Waals surface area contributed by atoms with E-state index in [1.54, 1.807) is 0 Å². The number of rotatable bonds is 0. The average molecular weight is 126 g/mol. The highest BCUT2D eigenvalue weighted by atomic mass is 14.4. The molecule has 0 heterocycles. The lowest BCUT2D eigenvalue weighted by Gasteiger charge is -2.14. The molecule has 4 atom stereocenters. The third-order valence-corrected chi connectivity index (χ3v) is 3.37. The van der Waals surface area contributed by atoms with Crippen LogP contribution in [0, 0.1) is 23.7 Å². The molecule has 0 nitrogen and oxygen atoms in total. The lowest BCUT2D eigenvalue weighted by atomic mass is 9.92. The van der Waals surface area contributed by atoms with E-state index in [1.165, 1.54) is 6.42 Å². The molecule has 0 radical (unpaired) electrons. The number of hydrogen-bond acceptors (Lipinski definition) is 0. The van der Waals surface area contributed by atoms with Crippen molar-refractivity contribution in [2.24, 2.45) is 23.7 Å². The summed E-state index contributed by atoms with van der Waals surface area (Å²) in [6, 6.07) is 0. The van der Waals surface area contributed by atoms with E-state index in [9.17, 15) is 0 Å². The van der Waals surface area contributed by atoms with Crippen LogP contribution in [-0.2, 0) is 0 Å². The Morgan fingerprint density at radius 3 is 1.22 bits per heavy atom. The SMILES string of the molecule is C[C@H]1[C@H](C)[C@@H](C)C[C@@H]1C. The van der Waals surface area contributed by atoms with Gasteiger partial charge in [-0.15, -0.1) is 0 Å². The van der Waals surface area contributed by atoms with Gasteiger partial charge in [0.25, 0.3) is 0 Å². The Kier molecular flexibility index (Phi) is 1.83. The molecular weight excluding hydrogens is 108 g/mol. The maximum Gasteiger partial charge on any atom is -0.0389 e. The van der Waals surface area contributed by atoms with E-state index in [4.69, 9.17) is 0 Å². The molecule has 0 aromatic heterocycles. The molecule has 1 fully saturated rings. The summed E-state index contributed by atoms with van der Waals surface area (Å²) < 4.78 is 0. The van der Waals surface area contributed by atoms with E-state index in [0.717, 1.165) is 23.7 Å². The zero-order chi connectivity index (χ0) is 7.02. The maximum absolute atomic E-state index is 2.39. The van der Waals surface area contributed by atoms with Crippen molar-refractivity contribution in [3.63, 3.8) is 0 Å². The highest BCUT2D eigenvalue weighted by Gasteiger charge is 2.31. The van der Waals surface area contributed by atoms with Gasteiger partial charge in [-0.2, -0.15) is 0 Å². The lowest BCUT2D eigenvalue weighted by Crippen LogP contribution is -2.07. The minimum Gasteiger partial charge on any atom is -0.0622 e. The summed E-state index contributed by atoms with van der Waals surface area (Å²) >= 11 is 0. The fraction of sp³-hybridized carbons (Fsp3) is 1.00. The van der Waals surface area contributed by atoms with Gasteiger partial charge in [-0.05, 0) is 30.1 Å². The van der Waals surface area contributed by atoms with Gasteiger partial charge in [0.2, 0.25) is 0 Å². The van der Waals surface area contributed by atoms with Gasteiger partial charge in [0.15, 0.2) is 0 Å². The van der Waals surface area contributed by atoms with Crippen LogP contribution in [0.3, 0.4) is 0 Å². The molecule has 0 saturated heterocycles. The summed E-state index contributed by atoms with van der Waals surface area (Å²) in [4.78, 5) is 0. The van der Waals surface area contributed by atoms with Crippen LogP contribution in [0.25, 0.3) is 0 Å². The second kappa shape index (κ2) is 2.32. The van der Waals surface area contributed by atoms with Gasteiger partial charge in [-0.25, -0.2) is 0 Å². The van der Waals surface area contributed by atoms with Gasteiger partial charge in [-0.3, -0.25) is 0 Å². The molecule has 1 rings (SSSR count). The first-order chi connectivity index (χ1) is 4.13. The minimum atomic E-state index is 0.958. The smallest absolute Gasteiger partial charge is 0.0389 e. The molecule has 0 amide bonds. The van der Waals surface area contributed by atoms with Gasteiger partial charge in [0.1, 0.15) is 0 Å². The van der Waals surface area contributed by atoms with Gasteiger partial charge in [-0.1, -0.05) is 27.7 Å². The molecule has 0 bridgehead atoms. The number of hydrogen-bond donors (Lipinski definition) is 0. The van der Waals surface area contributed by atoms with E-state index in [1.807, 2.05) is 0 Å². The van der Waals surface area contributed by atoms with Crippen LogP contribution in [-0.4, -0.2) is 0 Å².